The van der Waals surface area contributed by atoms with Crippen molar-refractivity contribution in [2.75, 3.05) is 32.8 Å². The molecule has 1 atom stereocenters. The minimum absolute atomic E-state index is 0.0245. The van der Waals surface area contributed by atoms with Crippen LogP contribution in [0.25, 0.3) is 0 Å². The van der Waals surface area contributed by atoms with Crippen LogP contribution in [0.4, 0.5) is 0 Å². The number of piperidine rings is 1. The van der Waals surface area contributed by atoms with Gasteiger partial charge in [0.15, 0.2) is 0 Å². The average Bonchev–Trinajstić information content (AvgIpc) is 2.35. The molecule has 6 heteroatoms. The lowest BCUT2D eigenvalue weighted by Crippen LogP contribution is -2.42. The van der Waals surface area contributed by atoms with Crippen molar-refractivity contribution in [1.29, 1.82) is 0 Å². The first-order valence-electron chi connectivity index (χ1n) is 6.82. The minimum Gasteiger partial charge on any atom is -0.480 e. The van der Waals surface area contributed by atoms with Crippen LogP contribution in [0.15, 0.2) is 0 Å². The third-order valence-electron chi connectivity index (χ3n) is 3.07. The van der Waals surface area contributed by atoms with Gasteiger partial charge in [-0.2, -0.15) is 0 Å². The van der Waals surface area contributed by atoms with E-state index in [1.807, 2.05) is 13.8 Å². The monoisotopic (exact) mass is 275 g/mol. The number of β-amino-alcohol motifs (C(OH)–C–C–N with tert-alkyl or cyclic N) is 1. The Labute approximate surface area is 114 Å². The van der Waals surface area contributed by atoms with Crippen LogP contribution in [0.3, 0.4) is 0 Å². The Bertz CT molecular complexity index is 264. The molecule has 1 fully saturated rings. The van der Waals surface area contributed by atoms with Crippen LogP contribution in [-0.4, -0.2) is 72.2 Å². The van der Waals surface area contributed by atoms with E-state index in [1.165, 1.54) is 0 Å². The van der Waals surface area contributed by atoms with E-state index in [2.05, 4.69) is 4.90 Å². The lowest BCUT2D eigenvalue weighted by molar-refractivity contribution is -0.145. The van der Waals surface area contributed by atoms with Crippen LogP contribution in [-0.2, 0) is 14.3 Å². The highest BCUT2D eigenvalue weighted by atomic mass is 16.5. The van der Waals surface area contributed by atoms with Crippen LogP contribution in [0.2, 0.25) is 0 Å². The van der Waals surface area contributed by atoms with E-state index in [0.29, 0.717) is 13.2 Å². The molecule has 0 bridgehead atoms. The summed E-state index contributed by atoms with van der Waals surface area (Å²) in [6.45, 7) is 6.25. The van der Waals surface area contributed by atoms with E-state index in [9.17, 15) is 9.90 Å². The standard InChI is InChI=1S/C13H25NO5/c1-10(2)18-8-11(15)7-14-5-3-12(4-6-14)19-9-13(16)17/h10-12,15H,3-9H2,1-2H3,(H,16,17). The molecule has 0 aromatic carbocycles. The number of carboxylic acids is 1. The van der Waals surface area contributed by atoms with Gasteiger partial charge >= 0.3 is 5.97 Å². The maximum atomic E-state index is 10.4. The fraction of sp³-hybridized carbons (Fsp3) is 0.923. The number of ether oxygens (including phenoxy) is 2. The highest BCUT2D eigenvalue weighted by Gasteiger charge is 2.22. The molecule has 0 amide bonds. The number of aliphatic hydroxyl groups excluding tert-OH is 1. The topological polar surface area (TPSA) is 79.2 Å². The van der Waals surface area contributed by atoms with Crippen LogP contribution in [0.5, 0.6) is 0 Å². The van der Waals surface area contributed by atoms with Crippen LogP contribution >= 0.6 is 0 Å². The second-order valence-corrected chi connectivity index (χ2v) is 5.24. The number of aliphatic carboxylic acids is 1. The summed E-state index contributed by atoms with van der Waals surface area (Å²) < 4.78 is 10.6. The molecule has 0 aliphatic carbocycles. The van der Waals surface area contributed by atoms with Crippen LogP contribution < -0.4 is 0 Å². The van der Waals surface area contributed by atoms with Crippen molar-refractivity contribution >= 4 is 5.97 Å². The van der Waals surface area contributed by atoms with E-state index < -0.39 is 12.1 Å². The highest BCUT2D eigenvalue weighted by molar-refractivity contribution is 5.68. The Morgan fingerprint density at radius 1 is 1.37 bits per heavy atom. The number of likely N-dealkylation sites (tertiary alicyclic amines) is 1. The quantitative estimate of drug-likeness (QED) is 0.665. The first kappa shape index (κ1) is 16.4. The number of carbonyl (C=O) groups is 1. The zero-order valence-corrected chi connectivity index (χ0v) is 11.7. The number of carboxylic acid groups (broad SMARTS) is 1. The first-order chi connectivity index (χ1) is 8.97. The Balaban J connectivity index is 2.13. The van der Waals surface area contributed by atoms with Gasteiger partial charge < -0.3 is 24.6 Å². The largest absolute Gasteiger partial charge is 0.480 e. The molecular weight excluding hydrogens is 250 g/mol. The summed E-state index contributed by atoms with van der Waals surface area (Å²) in [4.78, 5) is 12.6. The Morgan fingerprint density at radius 3 is 2.53 bits per heavy atom. The van der Waals surface area contributed by atoms with E-state index in [1.54, 1.807) is 0 Å². The van der Waals surface area contributed by atoms with Gasteiger partial charge in [-0.1, -0.05) is 0 Å². The molecule has 1 rings (SSSR count). The molecule has 0 aromatic rings. The summed E-state index contributed by atoms with van der Waals surface area (Å²) in [5, 5.41) is 18.4. The third kappa shape index (κ3) is 7.47. The predicted molar refractivity (Wildman–Crippen MR) is 70.1 cm³/mol. The van der Waals surface area contributed by atoms with Gasteiger partial charge in [0, 0.05) is 19.6 Å². The summed E-state index contributed by atoms with van der Waals surface area (Å²) in [5.74, 6) is -0.927. The third-order valence-corrected chi connectivity index (χ3v) is 3.07. The van der Waals surface area contributed by atoms with Crippen molar-refractivity contribution in [3.8, 4) is 0 Å². The number of aliphatic hydroxyl groups is 1. The van der Waals surface area contributed by atoms with Gasteiger partial charge in [-0.15, -0.1) is 0 Å². The maximum absolute atomic E-state index is 10.4. The highest BCUT2D eigenvalue weighted by Crippen LogP contribution is 2.14. The molecule has 1 unspecified atom stereocenters. The molecule has 112 valence electrons. The summed E-state index contributed by atoms with van der Waals surface area (Å²) in [6, 6.07) is 0. The Kier molecular flexibility index (Phi) is 7.30. The molecule has 1 aliphatic rings. The second kappa shape index (κ2) is 8.47. The molecule has 6 nitrogen and oxygen atoms in total. The Hall–Kier alpha value is -0.690. The maximum Gasteiger partial charge on any atom is 0.329 e. The fourth-order valence-corrected chi connectivity index (χ4v) is 2.10. The normalized spacial score (nSPS) is 19.8. The molecule has 1 heterocycles. The van der Waals surface area contributed by atoms with Crippen molar-refractivity contribution < 1.29 is 24.5 Å². The number of hydrogen-bond donors (Lipinski definition) is 2. The molecule has 0 spiro atoms. The fourth-order valence-electron chi connectivity index (χ4n) is 2.10. The molecule has 0 radical (unpaired) electrons. The first-order valence-corrected chi connectivity index (χ1v) is 6.82. The number of hydrogen-bond acceptors (Lipinski definition) is 5. The van der Waals surface area contributed by atoms with Crippen molar-refractivity contribution in [2.24, 2.45) is 0 Å². The van der Waals surface area contributed by atoms with Crippen molar-refractivity contribution in [2.45, 2.75) is 45.0 Å². The Morgan fingerprint density at radius 2 is 2.00 bits per heavy atom. The van der Waals surface area contributed by atoms with Gasteiger partial charge in [0.2, 0.25) is 0 Å². The van der Waals surface area contributed by atoms with E-state index in [4.69, 9.17) is 14.6 Å². The molecule has 0 aromatic heterocycles. The lowest BCUT2D eigenvalue weighted by Gasteiger charge is -2.32. The zero-order chi connectivity index (χ0) is 14.3. The van der Waals surface area contributed by atoms with Gasteiger partial charge in [-0.3, -0.25) is 0 Å². The summed E-state index contributed by atoms with van der Waals surface area (Å²) in [7, 11) is 0. The molecular formula is C13H25NO5. The molecule has 19 heavy (non-hydrogen) atoms. The van der Waals surface area contributed by atoms with Crippen molar-refractivity contribution in [3.63, 3.8) is 0 Å². The van der Waals surface area contributed by atoms with E-state index in [-0.39, 0.29) is 18.8 Å². The van der Waals surface area contributed by atoms with E-state index >= 15 is 0 Å². The minimum atomic E-state index is -0.927. The SMILES string of the molecule is CC(C)OCC(O)CN1CCC(OCC(=O)O)CC1. The second-order valence-electron chi connectivity index (χ2n) is 5.24. The molecule has 1 aliphatic heterocycles. The molecule has 2 N–H and O–H groups in total. The van der Waals surface area contributed by atoms with Crippen LogP contribution in [0.1, 0.15) is 26.7 Å². The summed E-state index contributed by atoms with van der Waals surface area (Å²) in [5.41, 5.74) is 0. The van der Waals surface area contributed by atoms with Gasteiger partial charge in [0.05, 0.1) is 24.9 Å². The van der Waals surface area contributed by atoms with E-state index in [0.717, 1.165) is 25.9 Å². The lowest BCUT2D eigenvalue weighted by atomic mass is 10.1. The van der Waals surface area contributed by atoms with Gasteiger partial charge in [-0.05, 0) is 26.7 Å². The van der Waals surface area contributed by atoms with Crippen molar-refractivity contribution in [3.05, 3.63) is 0 Å². The van der Waals surface area contributed by atoms with Crippen LogP contribution in [0, 0.1) is 0 Å². The number of rotatable bonds is 8. The molecule has 0 saturated carbocycles. The van der Waals surface area contributed by atoms with Crippen molar-refractivity contribution in [1.82, 2.24) is 4.90 Å². The average molecular weight is 275 g/mol. The predicted octanol–water partition coefficient (Wildman–Crippen LogP) is 0.338. The zero-order valence-electron chi connectivity index (χ0n) is 11.7. The smallest absolute Gasteiger partial charge is 0.329 e. The summed E-state index contributed by atoms with van der Waals surface area (Å²) >= 11 is 0. The summed E-state index contributed by atoms with van der Waals surface area (Å²) in [6.07, 6.45) is 1.30. The van der Waals surface area contributed by atoms with Gasteiger partial charge in [-0.25, -0.2) is 4.79 Å². The number of nitrogens with zero attached hydrogens (tertiary/aromatic N) is 1. The van der Waals surface area contributed by atoms with Gasteiger partial charge in [0.1, 0.15) is 6.61 Å². The molecule has 1 saturated heterocycles. The van der Waals surface area contributed by atoms with Gasteiger partial charge in [0.25, 0.3) is 0 Å².